The Labute approximate surface area is 96.3 Å². The lowest BCUT2D eigenvalue weighted by Crippen LogP contribution is -2.17. The molecule has 1 atom stereocenters. The maximum atomic E-state index is 9.38. The second kappa shape index (κ2) is 5.53. The number of rotatable bonds is 4. The van der Waals surface area contributed by atoms with Crippen LogP contribution in [0, 0.1) is 32.1 Å². The number of aryl methyl sites for hydroxylation is 3. The lowest BCUT2D eigenvalue weighted by Gasteiger charge is -2.13. The standard InChI is InChI=1S/C13H17NO2/c1-9-6-11(3)13(7-10(9)2)16-8-12(15)4-5-14/h6-7,12,15H,4,8H2,1-3H3. The number of nitriles is 1. The van der Waals surface area contributed by atoms with Gasteiger partial charge in [-0.15, -0.1) is 0 Å². The van der Waals surface area contributed by atoms with Gasteiger partial charge in [-0.25, -0.2) is 0 Å². The molecule has 0 aliphatic rings. The van der Waals surface area contributed by atoms with Gasteiger partial charge in [0.05, 0.1) is 12.5 Å². The van der Waals surface area contributed by atoms with Gasteiger partial charge in [-0.2, -0.15) is 5.26 Å². The topological polar surface area (TPSA) is 53.2 Å². The van der Waals surface area contributed by atoms with Crippen LogP contribution in [0.1, 0.15) is 23.1 Å². The number of aliphatic hydroxyl groups excluding tert-OH is 1. The molecule has 1 unspecified atom stereocenters. The summed E-state index contributed by atoms with van der Waals surface area (Å²) in [5.41, 5.74) is 3.44. The van der Waals surface area contributed by atoms with Gasteiger partial charge in [0.1, 0.15) is 18.5 Å². The first-order valence-corrected chi connectivity index (χ1v) is 5.30. The quantitative estimate of drug-likeness (QED) is 0.845. The van der Waals surface area contributed by atoms with E-state index < -0.39 is 6.10 Å². The molecule has 1 rings (SSSR count). The fraction of sp³-hybridized carbons (Fsp3) is 0.462. The maximum Gasteiger partial charge on any atom is 0.122 e. The molecule has 86 valence electrons. The summed E-state index contributed by atoms with van der Waals surface area (Å²) in [5, 5.41) is 17.8. The zero-order chi connectivity index (χ0) is 12.1. The van der Waals surface area contributed by atoms with Gasteiger partial charge < -0.3 is 9.84 Å². The Balaban J connectivity index is 2.68. The smallest absolute Gasteiger partial charge is 0.122 e. The molecule has 0 saturated carbocycles. The third-order valence-electron chi connectivity index (χ3n) is 2.55. The average Bonchev–Trinajstić information content (AvgIpc) is 2.22. The fourth-order valence-electron chi connectivity index (χ4n) is 1.44. The van der Waals surface area contributed by atoms with Crippen LogP contribution in [0.3, 0.4) is 0 Å². The Morgan fingerprint density at radius 2 is 1.88 bits per heavy atom. The molecule has 0 saturated heterocycles. The van der Waals surface area contributed by atoms with Crippen molar-refractivity contribution in [3.63, 3.8) is 0 Å². The highest BCUT2D eigenvalue weighted by molar-refractivity contribution is 5.40. The van der Waals surface area contributed by atoms with E-state index in [1.165, 1.54) is 5.56 Å². The summed E-state index contributed by atoms with van der Waals surface area (Å²) in [4.78, 5) is 0. The number of nitrogens with zero attached hydrogens (tertiary/aromatic N) is 1. The Morgan fingerprint density at radius 1 is 1.25 bits per heavy atom. The first-order chi connectivity index (χ1) is 7.54. The Morgan fingerprint density at radius 3 is 2.50 bits per heavy atom. The van der Waals surface area contributed by atoms with E-state index in [0.717, 1.165) is 16.9 Å². The van der Waals surface area contributed by atoms with Crippen LogP contribution in [0.5, 0.6) is 5.75 Å². The molecule has 1 aromatic rings. The summed E-state index contributed by atoms with van der Waals surface area (Å²) in [6.07, 6.45) is -0.616. The Kier molecular flexibility index (Phi) is 4.33. The van der Waals surface area contributed by atoms with Gasteiger partial charge >= 0.3 is 0 Å². The highest BCUT2D eigenvalue weighted by Crippen LogP contribution is 2.22. The molecule has 0 aliphatic heterocycles. The minimum Gasteiger partial charge on any atom is -0.491 e. The monoisotopic (exact) mass is 219 g/mol. The average molecular weight is 219 g/mol. The predicted molar refractivity (Wildman–Crippen MR) is 62.4 cm³/mol. The third-order valence-corrected chi connectivity index (χ3v) is 2.55. The van der Waals surface area contributed by atoms with Crippen LogP contribution in [-0.4, -0.2) is 17.8 Å². The summed E-state index contributed by atoms with van der Waals surface area (Å²) in [6.45, 7) is 6.21. The van der Waals surface area contributed by atoms with Gasteiger partial charge in [-0.1, -0.05) is 6.07 Å². The van der Waals surface area contributed by atoms with Gasteiger partial charge in [0, 0.05) is 0 Å². The predicted octanol–water partition coefficient (Wildman–Crippen LogP) is 2.27. The summed E-state index contributed by atoms with van der Waals surface area (Å²) in [5.74, 6) is 0.778. The van der Waals surface area contributed by atoms with E-state index in [2.05, 4.69) is 13.0 Å². The molecular weight excluding hydrogens is 202 g/mol. The normalized spacial score (nSPS) is 11.9. The van der Waals surface area contributed by atoms with Gasteiger partial charge in [0.15, 0.2) is 0 Å². The zero-order valence-electron chi connectivity index (χ0n) is 9.95. The highest BCUT2D eigenvalue weighted by atomic mass is 16.5. The lowest BCUT2D eigenvalue weighted by molar-refractivity contribution is 0.111. The van der Waals surface area contributed by atoms with Crippen LogP contribution < -0.4 is 4.74 Å². The maximum absolute atomic E-state index is 9.38. The molecule has 1 N–H and O–H groups in total. The summed E-state index contributed by atoms with van der Waals surface area (Å²) in [6, 6.07) is 5.93. The van der Waals surface area contributed by atoms with E-state index in [1.54, 1.807) is 0 Å². The van der Waals surface area contributed by atoms with Crippen molar-refractivity contribution in [2.45, 2.75) is 33.3 Å². The van der Waals surface area contributed by atoms with E-state index in [-0.39, 0.29) is 13.0 Å². The van der Waals surface area contributed by atoms with Crippen molar-refractivity contribution < 1.29 is 9.84 Å². The van der Waals surface area contributed by atoms with Crippen molar-refractivity contribution in [2.24, 2.45) is 0 Å². The number of hydrogen-bond donors (Lipinski definition) is 1. The molecule has 0 aromatic heterocycles. The van der Waals surface area contributed by atoms with Crippen LogP contribution in [0.4, 0.5) is 0 Å². The molecule has 0 fully saturated rings. The van der Waals surface area contributed by atoms with E-state index in [9.17, 15) is 5.11 Å². The van der Waals surface area contributed by atoms with Crippen LogP contribution in [0.15, 0.2) is 12.1 Å². The van der Waals surface area contributed by atoms with Crippen molar-refractivity contribution in [3.8, 4) is 11.8 Å². The largest absolute Gasteiger partial charge is 0.491 e. The molecule has 0 amide bonds. The molecule has 0 spiro atoms. The lowest BCUT2D eigenvalue weighted by atomic mass is 10.1. The Bertz CT molecular complexity index is 407. The molecule has 3 nitrogen and oxygen atoms in total. The number of aliphatic hydroxyl groups is 1. The number of benzene rings is 1. The second-order valence-electron chi connectivity index (χ2n) is 4.03. The molecule has 0 heterocycles. The van der Waals surface area contributed by atoms with Crippen molar-refractivity contribution in [2.75, 3.05) is 6.61 Å². The van der Waals surface area contributed by atoms with Gasteiger partial charge in [0.25, 0.3) is 0 Å². The van der Waals surface area contributed by atoms with Crippen molar-refractivity contribution in [3.05, 3.63) is 28.8 Å². The van der Waals surface area contributed by atoms with Crippen LogP contribution in [-0.2, 0) is 0 Å². The molecular formula is C13H17NO2. The second-order valence-corrected chi connectivity index (χ2v) is 4.03. The van der Waals surface area contributed by atoms with Crippen LogP contribution >= 0.6 is 0 Å². The minimum atomic E-state index is -0.717. The van der Waals surface area contributed by atoms with Gasteiger partial charge in [-0.05, 0) is 43.5 Å². The molecule has 16 heavy (non-hydrogen) atoms. The molecule has 0 aliphatic carbocycles. The fourth-order valence-corrected chi connectivity index (χ4v) is 1.44. The van der Waals surface area contributed by atoms with Gasteiger partial charge in [-0.3, -0.25) is 0 Å². The highest BCUT2D eigenvalue weighted by Gasteiger charge is 2.07. The first kappa shape index (κ1) is 12.5. The number of hydrogen-bond acceptors (Lipinski definition) is 3. The van der Waals surface area contributed by atoms with E-state index >= 15 is 0 Å². The van der Waals surface area contributed by atoms with Crippen LogP contribution in [0.25, 0.3) is 0 Å². The number of ether oxygens (including phenoxy) is 1. The van der Waals surface area contributed by atoms with Crippen molar-refractivity contribution in [1.29, 1.82) is 5.26 Å². The summed E-state index contributed by atoms with van der Waals surface area (Å²) >= 11 is 0. The molecule has 0 bridgehead atoms. The third kappa shape index (κ3) is 3.25. The Hall–Kier alpha value is -1.53. The van der Waals surface area contributed by atoms with Gasteiger partial charge in [0.2, 0.25) is 0 Å². The first-order valence-electron chi connectivity index (χ1n) is 5.30. The molecule has 0 radical (unpaired) electrons. The van der Waals surface area contributed by atoms with Crippen molar-refractivity contribution in [1.82, 2.24) is 0 Å². The van der Waals surface area contributed by atoms with Crippen LogP contribution in [0.2, 0.25) is 0 Å². The van der Waals surface area contributed by atoms with E-state index in [1.807, 2.05) is 26.0 Å². The SMILES string of the molecule is Cc1cc(C)c(OCC(O)CC#N)cc1C. The van der Waals surface area contributed by atoms with Crippen molar-refractivity contribution >= 4 is 0 Å². The summed E-state index contributed by atoms with van der Waals surface area (Å²) < 4.78 is 5.49. The summed E-state index contributed by atoms with van der Waals surface area (Å²) in [7, 11) is 0. The molecule has 1 aromatic carbocycles. The van der Waals surface area contributed by atoms with E-state index in [4.69, 9.17) is 10.00 Å². The minimum absolute atomic E-state index is 0.101. The zero-order valence-corrected chi connectivity index (χ0v) is 9.95. The molecule has 3 heteroatoms. The van der Waals surface area contributed by atoms with E-state index in [0.29, 0.717) is 0 Å².